The fourth-order valence-corrected chi connectivity index (χ4v) is 2.65. The second-order valence-electron chi connectivity index (χ2n) is 5.92. The number of carbonyl (C=O) groups excluding carboxylic acids is 2. The van der Waals surface area contributed by atoms with Crippen molar-refractivity contribution in [3.63, 3.8) is 0 Å². The lowest BCUT2D eigenvalue weighted by Gasteiger charge is -2.13. The van der Waals surface area contributed by atoms with E-state index in [1.54, 1.807) is 43.3 Å². The van der Waals surface area contributed by atoms with Crippen LogP contribution in [-0.2, 0) is 4.79 Å². The molecule has 2 aromatic carbocycles. The van der Waals surface area contributed by atoms with E-state index < -0.39 is 6.04 Å². The highest BCUT2D eigenvalue weighted by atomic mass is 35.5. The van der Waals surface area contributed by atoms with Crippen LogP contribution in [0.4, 0.5) is 11.4 Å². The number of methoxy groups -OCH3 is 1. The second kappa shape index (κ2) is 8.53. The molecule has 0 bridgehead atoms. The molecule has 0 radical (unpaired) electrons. The Morgan fingerprint density at radius 3 is 2.39 bits per heavy atom. The molecule has 0 aliphatic heterocycles. The maximum atomic E-state index is 12.5. The van der Waals surface area contributed by atoms with Gasteiger partial charge in [-0.2, -0.15) is 5.10 Å². The van der Waals surface area contributed by atoms with Crippen molar-refractivity contribution in [1.29, 1.82) is 0 Å². The van der Waals surface area contributed by atoms with Gasteiger partial charge in [0.15, 0.2) is 0 Å². The molecule has 0 aliphatic carbocycles. The number of nitrogens with one attached hydrogen (secondary N) is 2. The van der Waals surface area contributed by atoms with Gasteiger partial charge in [-0.05, 0) is 49.4 Å². The van der Waals surface area contributed by atoms with Gasteiger partial charge in [-0.25, -0.2) is 9.67 Å². The smallest absolute Gasteiger partial charge is 0.259 e. The average Bonchev–Trinajstić information content (AvgIpc) is 3.23. The number of halogens is 1. The minimum absolute atomic E-state index is 0.231. The molecule has 2 amide bonds. The summed E-state index contributed by atoms with van der Waals surface area (Å²) in [7, 11) is 1.48. The third-order valence-corrected chi connectivity index (χ3v) is 4.26. The average molecular weight is 400 g/mol. The number of rotatable bonds is 6. The third-order valence-electron chi connectivity index (χ3n) is 4.03. The molecular weight excluding hydrogens is 382 g/mol. The lowest BCUT2D eigenvalue weighted by Crippen LogP contribution is -2.24. The zero-order chi connectivity index (χ0) is 20.1. The van der Waals surface area contributed by atoms with Crippen molar-refractivity contribution in [3.8, 4) is 5.75 Å². The van der Waals surface area contributed by atoms with Crippen molar-refractivity contribution in [1.82, 2.24) is 14.8 Å². The maximum absolute atomic E-state index is 12.5. The van der Waals surface area contributed by atoms with Crippen LogP contribution in [0, 0.1) is 0 Å². The summed E-state index contributed by atoms with van der Waals surface area (Å²) in [5.74, 6) is -0.158. The highest BCUT2D eigenvalue weighted by Crippen LogP contribution is 2.24. The van der Waals surface area contributed by atoms with Crippen LogP contribution in [0.1, 0.15) is 23.3 Å². The van der Waals surface area contributed by atoms with Crippen LogP contribution in [0.25, 0.3) is 0 Å². The van der Waals surface area contributed by atoms with Gasteiger partial charge in [0.25, 0.3) is 5.91 Å². The van der Waals surface area contributed by atoms with Crippen molar-refractivity contribution in [2.24, 2.45) is 0 Å². The first-order chi connectivity index (χ1) is 13.5. The van der Waals surface area contributed by atoms with E-state index in [2.05, 4.69) is 20.7 Å². The monoisotopic (exact) mass is 399 g/mol. The number of benzene rings is 2. The molecule has 28 heavy (non-hydrogen) atoms. The van der Waals surface area contributed by atoms with Crippen LogP contribution >= 0.6 is 11.6 Å². The molecule has 2 N–H and O–H groups in total. The van der Waals surface area contributed by atoms with Crippen LogP contribution in [0.3, 0.4) is 0 Å². The van der Waals surface area contributed by atoms with Crippen molar-refractivity contribution >= 4 is 34.8 Å². The second-order valence-corrected chi connectivity index (χ2v) is 6.35. The summed E-state index contributed by atoms with van der Waals surface area (Å²) in [4.78, 5) is 28.6. The summed E-state index contributed by atoms with van der Waals surface area (Å²) < 4.78 is 6.66. The third kappa shape index (κ3) is 4.47. The summed E-state index contributed by atoms with van der Waals surface area (Å²) in [6, 6.07) is 11.1. The van der Waals surface area contributed by atoms with Crippen molar-refractivity contribution < 1.29 is 14.3 Å². The molecular formula is C19H18ClN5O3. The number of hydrogen-bond acceptors (Lipinski definition) is 5. The minimum Gasteiger partial charge on any atom is -0.496 e. The van der Waals surface area contributed by atoms with E-state index >= 15 is 0 Å². The van der Waals surface area contributed by atoms with Gasteiger partial charge in [0.05, 0.1) is 12.7 Å². The molecule has 0 aliphatic rings. The van der Waals surface area contributed by atoms with Gasteiger partial charge in [0.2, 0.25) is 5.91 Å². The molecule has 8 nitrogen and oxygen atoms in total. The molecule has 9 heteroatoms. The summed E-state index contributed by atoms with van der Waals surface area (Å²) in [5.41, 5.74) is 1.48. The summed E-state index contributed by atoms with van der Waals surface area (Å²) in [6.07, 6.45) is 2.85. The molecule has 0 fully saturated rings. The van der Waals surface area contributed by atoms with E-state index in [-0.39, 0.29) is 11.8 Å². The number of carbonyl (C=O) groups is 2. The Kier molecular flexibility index (Phi) is 5.90. The Hall–Kier alpha value is -3.39. The van der Waals surface area contributed by atoms with Gasteiger partial charge in [-0.1, -0.05) is 11.6 Å². The Morgan fingerprint density at radius 2 is 1.79 bits per heavy atom. The van der Waals surface area contributed by atoms with Crippen LogP contribution in [0.15, 0.2) is 55.1 Å². The zero-order valence-corrected chi connectivity index (χ0v) is 16.0. The van der Waals surface area contributed by atoms with Gasteiger partial charge in [-0.15, -0.1) is 0 Å². The summed E-state index contributed by atoms with van der Waals surface area (Å²) in [5, 5.41) is 9.95. The van der Waals surface area contributed by atoms with Gasteiger partial charge < -0.3 is 15.4 Å². The molecule has 1 heterocycles. The van der Waals surface area contributed by atoms with E-state index in [1.807, 2.05) is 0 Å². The molecule has 144 valence electrons. The summed E-state index contributed by atoms with van der Waals surface area (Å²) in [6.45, 7) is 1.72. The maximum Gasteiger partial charge on any atom is 0.259 e. The Balaban J connectivity index is 1.65. The van der Waals surface area contributed by atoms with E-state index in [4.69, 9.17) is 16.3 Å². The number of amides is 2. The number of anilines is 2. The number of ether oxygens (including phenoxy) is 1. The quantitative estimate of drug-likeness (QED) is 0.662. The van der Waals surface area contributed by atoms with E-state index in [0.29, 0.717) is 27.7 Å². The first kappa shape index (κ1) is 19.4. The molecule has 0 saturated carbocycles. The lowest BCUT2D eigenvalue weighted by atomic mass is 10.1. The molecule has 1 unspecified atom stereocenters. The normalized spacial score (nSPS) is 11.5. The lowest BCUT2D eigenvalue weighted by molar-refractivity contribution is -0.119. The molecule has 3 aromatic rings. The standard InChI is InChI=1S/C19H18ClN5O3/c1-12(25-11-21-10-22-25)18(26)23-14-4-6-15(7-5-14)24-19(27)16-9-13(20)3-8-17(16)28-2/h3-12H,1-2H3,(H,23,26)(H,24,27). The van der Waals surface area contributed by atoms with Crippen molar-refractivity contribution in [3.05, 3.63) is 65.7 Å². The van der Waals surface area contributed by atoms with Gasteiger partial charge in [-0.3, -0.25) is 9.59 Å². The van der Waals surface area contributed by atoms with Crippen molar-refractivity contribution in [2.45, 2.75) is 13.0 Å². The molecule has 1 atom stereocenters. The van der Waals surface area contributed by atoms with Gasteiger partial charge >= 0.3 is 0 Å². The molecule has 1 aromatic heterocycles. The van der Waals surface area contributed by atoms with Gasteiger partial charge in [0.1, 0.15) is 24.4 Å². The molecule has 3 rings (SSSR count). The number of aromatic nitrogens is 3. The Bertz CT molecular complexity index is 974. The Labute approximate surface area is 166 Å². The zero-order valence-electron chi connectivity index (χ0n) is 15.2. The molecule has 0 spiro atoms. The summed E-state index contributed by atoms with van der Waals surface area (Å²) >= 11 is 5.97. The fourth-order valence-electron chi connectivity index (χ4n) is 2.48. The molecule has 0 saturated heterocycles. The fraction of sp³-hybridized carbons (Fsp3) is 0.158. The highest BCUT2D eigenvalue weighted by Gasteiger charge is 2.16. The van der Waals surface area contributed by atoms with Crippen LogP contribution < -0.4 is 15.4 Å². The first-order valence-electron chi connectivity index (χ1n) is 8.38. The predicted octanol–water partition coefficient (Wildman–Crippen LogP) is 3.39. The largest absolute Gasteiger partial charge is 0.496 e. The van der Waals surface area contributed by atoms with Gasteiger partial charge in [0, 0.05) is 16.4 Å². The Morgan fingerprint density at radius 1 is 1.11 bits per heavy atom. The van der Waals surface area contributed by atoms with Crippen LogP contribution in [0.2, 0.25) is 5.02 Å². The number of hydrogen-bond donors (Lipinski definition) is 2. The van der Waals surface area contributed by atoms with Crippen LogP contribution in [0.5, 0.6) is 5.75 Å². The first-order valence-corrected chi connectivity index (χ1v) is 8.75. The number of nitrogens with zero attached hydrogens (tertiary/aromatic N) is 3. The SMILES string of the molecule is COc1ccc(Cl)cc1C(=O)Nc1ccc(NC(=O)C(C)n2cncn2)cc1. The topological polar surface area (TPSA) is 98.1 Å². The highest BCUT2D eigenvalue weighted by molar-refractivity contribution is 6.31. The van der Waals surface area contributed by atoms with E-state index in [9.17, 15) is 9.59 Å². The van der Waals surface area contributed by atoms with E-state index in [0.717, 1.165) is 0 Å². The van der Waals surface area contributed by atoms with Crippen LogP contribution in [-0.4, -0.2) is 33.7 Å². The minimum atomic E-state index is -0.503. The van der Waals surface area contributed by atoms with E-state index in [1.165, 1.54) is 30.5 Å². The van der Waals surface area contributed by atoms with Crippen molar-refractivity contribution in [2.75, 3.05) is 17.7 Å². The predicted molar refractivity (Wildman–Crippen MR) is 106 cm³/mol.